The summed E-state index contributed by atoms with van der Waals surface area (Å²) in [6.07, 6.45) is 5.97. The van der Waals surface area contributed by atoms with Gasteiger partial charge in [-0.15, -0.1) is 0 Å². The van der Waals surface area contributed by atoms with Crippen molar-refractivity contribution in [2.75, 3.05) is 37.6 Å². The van der Waals surface area contributed by atoms with Crippen LogP contribution in [0.5, 0.6) is 0 Å². The Labute approximate surface area is 190 Å². The highest BCUT2D eigenvalue weighted by atomic mass is 35.5. The number of likely N-dealkylation sites (tertiary alicyclic amines) is 1. The monoisotopic (exact) mass is 441 g/mol. The summed E-state index contributed by atoms with van der Waals surface area (Å²) in [5, 5.41) is 4.03. The predicted molar refractivity (Wildman–Crippen MR) is 124 cm³/mol. The molecule has 1 amide bonds. The summed E-state index contributed by atoms with van der Waals surface area (Å²) in [6, 6.07) is 10.0. The Hall–Kier alpha value is -2.18. The number of aromatic nitrogens is 2. The molecule has 0 radical (unpaired) electrons. The van der Waals surface area contributed by atoms with Gasteiger partial charge in [0.2, 0.25) is 11.9 Å². The lowest BCUT2D eigenvalue weighted by molar-refractivity contribution is -0.125. The van der Waals surface area contributed by atoms with E-state index in [2.05, 4.69) is 31.2 Å². The lowest BCUT2D eigenvalue weighted by atomic mass is 9.94. The Morgan fingerprint density at radius 3 is 2.81 bits per heavy atom. The van der Waals surface area contributed by atoms with E-state index in [1.54, 1.807) is 6.20 Å². The number of carbonyl (C=O) groups excluding carboxylic acids is 1. The van der Waals surface area contributed by atoms with Gasteiger partial charge < -0.3 is 10.2 Å². The van der Waals surface area contributed by atoms with Crippen LogP contribution in [0.1, 0.15) is 36.9 Å². The van der Waals surface area contributed by atoms with Crippen LogP contribution in [0.15, 0.2) is 36.5 Å². The summed E-state index contributed by atoms with van der Waals surface area (Å²) in [5.41, 5.74) is 2.22. The van der Waals surface area contributed by atoms with Crippen molar-refractivity contribution in [3.63, 3.8) is 0 Å². The Bertz CT molecular complexity index is 884. The van der Waals surface area contributed by atoms with Gasteiger partial charge in [0.25, 0.3) is 0 Å². The average molecular weight is 442 g/mol. The number of benzene rings is 1. The molecule has 31 heavy (non-hydrogen) atoms. The van der Waals surface area contributed by atoms with Crippen LogP contribution in [-0.4, -0.2) is 53.5 Å². The molecule has 2 aliphatic rings. The lowest BCUT2D eigenvalue weighted by Crippen LogP contribution is -2.45. The normalized spacial score (nSPS) is 20.6. The van der Waals surface area contributed by atoms with Crippen LogP contribution < -0.4 is 10.2 Å². The first-order chi connectivity index (χ1) is 15.1. The number of nitrogens with one attached hydrogen (secondary N) is 1. The zero-order valence-electron chi connectivity index (χ0n) is 18.3. The van der Waals surface area contributed by atoms with Crippen molar-refractivity contribution >= 4 is 23.5 Å². The quantitative estimate of drug-likeness (QED) is 0.740. The molecule has 3 heterocycles. The smallest absolute Gasteiger partial charge is 0.225 e. The third-order valence-corrected chi connectivity index (χ3v) is 6.66. The maximum atomic E-state index is 12.8. The van der Waals surface area contributed by atoms with E-state index >= 15 is 0 Å². The van der Waals surface area contributed by atoms with E-state index < -0.39 is 0 Å². The van der Waals surface area contributed by atoms with Gasteiger partial charge in [-0.3, -0.25) is 9.69 Å². The molecule has 7 heteroatoms. The Morgan fingerprint density at radius 1 is 1.19 bits per heavy atom. The molecule has 0 unspecified atom stereocenters. The molecule has 2 aromatic rings. The highest BCUT2D eigenvalue weighted by Gasteiger charge is 2.28. The van der Waals surface area contributed by atoms with Crippen LogP contribution in [-0.2, 0) is 11.3 Å². The average Bonchev–Trinajstić information content (AvgIpc) is 2.78. The Balaban J connectivity index is 1.20. The van der Waals surface area contributed by atoms with Crippen LogP contribution in [0.2, 0.25) is 5.02 Å². The zero-order chi connectivity index (χ0) is 21.6. The molecule has 2 fully saturated rings. The van der Waals surface area contributed by atoms with Crippen molar-refractivity contribution < 1.29 is 4.79 Å². The first-order valence-corrected chi connectivity index (χ1v) is 11.7. The number of halogens is 1. The number of hydrogen-bond donors (Lipinski definition) is 1. The summed E-state index contributed by atoms with van der Waals surface area (Å²) in [7, 11) is 0. The topological polar surface area (TPSA) is 61.4 Å². The van der Waals surface area contributed by atoms with E-state index in [-0.39, 0.29) is 11.8 Å². The summed E-state index contributed by atoms with van der Waals surface area (Å²) in [6.45, 7) is 7.44. The Morgan fingerprint density at radius 2 is 2.03 bits per heavy atom. The molecule has 1 atom stereocenters. The van der Waals surface area contributed by atoms with Gasteiger partial charge >= 0.3 is 0 Å². The minimum Gasteiger partial charge on any atom is -0.356 e. The van der Waals surface area contributed by atoms with Crippen LogP contribution in [0, 0.1) is 18.8 Å². The second-order valence-corrected chi connectivity index (χ2v) is 9.31. The fraction of sp³-hybridized carbons (Fsp3) is 0.542. The number of amides is 1. The molecule has 0 saturated carbocycles. The largest absolute Gasteiger partial charge is 0.356 e. The summed E-state index contributed by atoms with van der Waals surface area (Å²) in [4.78, 5) is 26.4. The van der Waals surface area contributed by atoms with Crippen molar-refractivity contribution in [2.24, 2.45) is 11.8 Å². The molecule has 6 nitrogen and oxygen atoms in total. The minimum atomic E-state index is 0.0146. The predicted octanol–water partition coefficient (Wildman–Crippen LogP) is 3.68. The minimum absolute atomic E-state index is 0.0146. The summed E-state index contributed by atoms with van der Waals surface area (Å²) < 4.78 is 0. The number of rotatable bonds is 6. The number of hydrogen-bond acceptors (Lipinski definition) is 5. The number of piperidine rings is 2. The molecule has 0 spiro atoms. The fourth-order valence-corrected chi connectivity index (χ4v) is 4.81. The number of nitrogens with zero attached hydrogens (tertiary/aromatic N) is 4. The number of carbonyl (C=O) groups is 1. The molecule has 166 valence electrons. The van der Waals surface area contributed by atoms with Gasteiger partial charge in [0, 0.05) is 43.1 Å². The van der Waals surface area contributed by atoms with Gasteiger partial charge in [0.05, 0.1) is 5.92 Å². The molecule has 0 bridgehead atoms. The van der Waals surface area contributed by atoms with E-state index in [1.807, 2.05) is 31.2 Å². The van der Waals surface area contributed by atoms with E-state index in [0.29, 0.717) is 12.5 Å². The van der Waals surface area contributed by atoms with E-state index in [1.165, 1.54) is 5.56 Å². The first-order valence-electron chi connectivity index (χ1n) is 11.4. The van der Waals surface area contributed by atoms with Crippen molar-refractivity contribution in [3.8, 4) is 0 Å². The summed E-state index contributed by atoms with van der Waals surface area (Å²) in [5.74, 6) is 1.49. The van der Waals surface area contributed by atoms with Crippen LogP contribution in [0.3, 0.4) is 0 Å². The van der Waals surface area contributed by atoms with Gasteiger partial charge in [0.1, 0.15) is 0 Å². The van der Waals surface area contributed by atoms with Crippen LogP contribution >= 0.6 is 11.6 Å². The summed E-state index contributed by atoms with van der Waals surface area (Å²) >= 11 is 6.10. The second kappa shape index (κ2) is 10.4. The molecule has 1 aromatic heterocycles. The molecule has 2 aliphatic heterocycles. The zero-order valence-corrected chi connectivity index (χ0v) is 19.0. The third-order valence-electron chi connectivity index (χ3n) is 6.42. The van der Waals surface area contributed by atoms with Crippen molar-refractivity contribution in [3.05, 3.63) is 52.8 Å². The van der Waals surface area contributed by atoms with E-state index in [4.69, 9.17) is 11.6 Å². The van der Waals surface area contributed by atoms with Crippen LogP contribution in [0.4, 0.5) is 5.95 Å². The highest BCUT2D eigenvalue weighted by molar-refractivity contribution is 6.30. The molecular weight excluding hydrogens is 410 g/mol. The third kappa shape index (κ3) is 6.17. The van der Waals surface area contributed by atoms with Gasteiger partial charge in [-0.2, -0.15) is 0 Å². The van der Waals surface area contributed by atoms with Crippen molar-refractivity contribution in [2.45, 2.75) is 39.2 Å². The van der Waals surface area contributed by atoms with Gasteiger partial charge in [0.15, 0.2) is 0 Å². The van der Waals surface area contributed by atoms with Gasteiger partial charge in [-0.25, -0.2) is 9.97 Å². The fourth-order valence-electron chi connectivity index (χ4n) is 4.59. The molecule has 1 N–H and O–H groups in total. The molecule has 4 rings (SSSR count). The molecule has 2 saturated heterocycles. The van der Waals surface area contributed by atoms with Crippen molar-refractivity contribution in [1.82, 2.24) is 20.2 Å². The molecule has 0 aliphatic carbocycles. The number of anilines is 1. The number of aryl methyl sites for hydroxylation is 1. The maximum absolute atomic E-state index is 12.8. The first kappa shape index (κ1) is 22.0. The van der Waals surface area contributed by atoms with Gasteiger partial charge in [-0.05, 0) is 75.4 Å². The van der Waals surface area contributed by atoms with E-state index in [0.717, 1.165) is 75.1 Å². The standard InChI is InChI=1S/C24H32ClN5O/c1-18-7-10-26-24(28-18)30-11-3-5-21(17-30)23(31)27-15-19-8-12-29(13-9-19)16-20-4-2-6-22(25)14-20/h2,4,6-7,10,14,19,21H,3,5,8-9,11-13,15-17H2,1H3,(H,27,31)/t21-/m0/s1. The van der Waals surface area contributed by atoms with E-state index in [9.17, 15) is 4.79 Å². The lowest BCUT2D eigenvalue weighted by Gasteiger charge is -2.34. The highest BCUT2D eigenvalue weighted by Crippen LogP contribution is 2.22. The Kier molecular flexibility index (Phi) is 7.41. The maximum Gasteiger partial charge on any atom is 0.225 e. The van der Waals surface area contributed by atoms with Crippen LogP contribution in [0.25, 0.3) is 0 Å². The second-order valence-electron chi connectivity index (χ2n) is 8.88. The van der Waals surface area contributed by atoms with Gasteiger partial charge in [-0.1, -0.05) is 23.7 Å². The van der Waals surface area contributed by atoms with Crippen molar-refractivity contribution in [1.29, 1.82) is 0 Å². The SMILES string of the molecule is Cc1ccnc(N2CCC[C@H](C(=O)NCC3CCN(Cc4cccc(Cl)c4)CC3)C2)n1. The molecule has 1 aromatic carbocycles. The molecular formula is C24H32ClN5O.